The van der Waals surface area contributed by atoms with Crippen LogP contribution < -0.4 is 10.0 Å². The van der Waals surface area contributed by atoms with E-state index in [1.807, 2.05) is 4.90 Å². The SMILES string of the molecule is O=C(CCNS(=O)(=O)c1ccc([N+](=O)[O-])cc1)N1CC[C@@H]2CNC[C@@H]2CC1. The van der Waals surface area contributed by atoms with E-state index in [2.05, 4.69) is 10.0 Å². The second kappa shape index (κ2) is 8.32. The Balaban J connectivity index is 1.49. The van der Waals surface area contributed by atoms with Gasteiger partial charge in [-0.15, -0.1) is 0 Å². The highest BCUT2D eigenvalue weighted by atomic mass is 32.2. The van der Waals surface area contributed by atoms with Crippen LogP contribution in [-0.2, 0) is 14.8 Å². The highest BCUT2D eigenvalue weighted by molar-refractivity contribution is 7.89. The van der Waals surface area contributed by atoms with Gasteiger partial charge >= 0.3 is 0 Å². The van der Waals surface area contributed by atoms with Crippen LogP contribution in [0.1, 0.15) is 19.3 Å². The van der Waals surface area contributed by atoms with Crippen LogP contribution in [0.2, 0.25) is 0 Å². The lowest BCUT2D eigenvalue weighted by molar-refractivity contribution is -0.384. The molecule has 2 aliphatic rings. The number of fused-ring (bicyclic) bond motifs is 1. The molecule has 2 N–H and O–H groups in total. The molecule has 0 spiro atoms. The van der Waals surface area contributed by atoms with Crippen molar-refractivity contribution in [1.82, 2.24) is 14.9 Å². The van der Waals surface area contributed by atoms with E-state index in [0.717, 1.165) is 51.2 Å². The number of sulfonamides is 1. The van der Waals surface area contributed by atoms with E-state index in [1.54, 1.807) is 0 Å². The second-order valence-electron chi connectivity index (χ2n) is 7.04. The van der Waals surface area contributed by atoms with Crippen molar-refractivity contribution in [3.05, 3.63) is 34.4 Å². The Morgan fingerprint density at radius 1 is 1.19 bits per heavy atom. The molecule has 2 saturated heterocycles. The molecule has 0 aromatic heterocycles. The predicted octanol–water partition coefficient (Wildman–Crippen LogP) is 0.721. The number of nitrogens with one attached hydrogen (secondary N) is 2. The minimum absolute atomic E-state index is 0.00304. The number of hydrogen-bond acceptors (Lipinski definition) is 6. The van der Waals surface area contributed by atoms with Gasteiger partial charge < -0.3 is 10.2 Å². The lowest BCUT2D eigenvalue weighted by atomic mass is 9.92. The fraction of sp³-hybridized carbons (Fsp3) is 0.588. The van der Waals surface area contributed by atoms with Gasteiger partial charge in [0, 0.05) is 38.2 Å². The molecule has 1 aromatic rings. The van der Waals surface area contributed by atoms with Gasteiger partial charge in [-0.3, -0.25) is 14.9 Å². The minimum atomic E-state index is -3.80. The molecule has 27 heavy (non-hydrogen) atoms. The summed E-state index contributed by atoms with van der Waals surface area (Å²) in [7, 11) is -3.80. The Hall–Kier alpha value is -2.04. The third-order valence-electron chi connectivity index (χ3n) is 5.36. The zero-order valence-corrected chi connectivity index (χ0v) is 15.8. The Bertz CT molecular complexity index is 782. The van der Waals surface area contributed by atoms with Gasteiger partial charge in [0.15, 0.2) is 0 Å². The molecule has 148 valence electrons. The van der Waals surface area contributed by atoms with Crippen molar-refractivity contribution in [3.8, 4) is 0 Å². The lowest BCUT2D eigenvalue weighted by Gasteiger charge is -2.21. The second-order valence-corrected chi connectivity index (χ2v) is 8.80. The Labute approximate surface area is 158 Å². The number of carbonyl (C=O) groups is 1. The Kier molecular flexibility index (Phi) is 6.08. The Morgan fingerprint density at radius 3 is 2.33 bits per heavy atom. The maximum absolute atomic E-state index is 12.4. The molecule has 2 fully saturated rings. The average molecular weight is 396 g/mol. The number of non-ortho nitro benzene ring substituents is 1. The molecular formula is C17H24N4O5S. The van der Waals surface area contributed by atoms with Gasteiger partial charge in [0.25, 0.3) is 5.69 Å². The zero-order chi connectivity index (χ0) is 19.4. The van der Waals surface area contributed by atoms with E-state index in [-0.39, 0.29) is 29.5 Å². The number of nitrogens with zero attached hydrogens (tertiary/aromatic N) is 2. The van der Waals surface area contributed by atoms with Crippen molar-refractivity contribution in [3.63, 3.8) is 0 Å². The summed E-state index contributed by atoms with van der Waals surface area (Å²) in [5.74, 6) is 1.21. The summed E-state index contributed by atoms with van der Waals surface area (Å²) in [6.45, 7) is 3.47. The van der Waals surface area contributed by atoms with Gasteiger partial charge in [-0.25, -0.2) is 13.1 Å². The lowest BCUT2D eigenvalue weighted by Crippen LogP contribution is -2.35. The van der Waals surface area contributed by atoms with Crippen LogP contribution in [0, 0.1) is 22.0 Å². The van der Waals surface area contributed by atoms with Gasteiger partial charge in [-0.2, -0.15) is 0 Å². The first-order valence-electron chi connectivity index (χ1n) is 9.09. The molecule has 2 atom stereocenters. The molecule has 1 aromatic carbocycles. The molecule has 0 saturated carbocycles. The molecule has 2 aliphatic heterocycles. The average Bonchev–Trinajstić information content (AvgIpc) is 2.99. The number of amides is 1. The van der Waals surface area contributed by atoms with Gasteiger partial charge in [0.1, 0.15) is 0 Å². The van der Waals surface area contributed by atoms with Gasteiger partial charge in [0.05, 0.1) is 9.82 Å². The fourth-order valence-corrected chi connectivity index (χ4v) is 4.78. The van der Waals surface area contributed by atoms with E-state index in [4.69, 9.17) is 0 Å². The molecule has 0 aliphatic carbocycles. The van der Waals surface area contributed by atoms with Gasteiger partial charge in [0.2, 0.25) is 15.9 Å². The summed E-state index contributed by atoms with van der Waals surface area (Å²) in [6, 6.07) is 4.65. The van der Waals surface area contributed by atoms with Crippen LogP contribution in [0.15, 0.2) is 29.2 Å². The largest absolute Gasteiger partial charge is 0.343 e. The highest BCUT2D eigenvalue weighted by Gasteiger charge is 2.31. The van der Waals surface area contributed by atoms with E-state index in [9.17, 15) is 23.3 Å². The van der Waals surface area contributed by atoms with Crippen LogP contribution in [0.25, 0.3) is 0 Å². The van der Waals surface area contributed by atoms with E-state index < -0.39 is 14.9 Å². The number of carbonyl (C=O) groups excluding carboxylic acids is 1. The third kappa shape index (κ3) is 4.82. The number of rotatable bonds is 6. The molecular weight excluding hydrogens is 372 g/mol. The molecule has 9 nitrogen and oxygen atoms in total. The summed E-state index contributed by atoms with van der Waals surface area (Å²) < 4.78 is 26.9. The van der Waals surface area contributed by atoms with E-state index >= 15 is 0 Å². The summed E-state index contributed by atoms with van der Waals surface area (Å²) in [6.07, 6.45) is 2.07. The Morgan fingerprint density at radius 2 is 1.78 bits per heavy atom. The molecule has 0 bridgehead atoms. The predicted molar refractivity (Wildman–Crippen MR) is 98.6 cm³/mol. The summed E-state index contributed by atoms with van der Waals surface area (Å²) in [5, 5.41) is 14.0. The number of likely N-dealkylation sites (tertiary alicyclic amines) is 1. The van der Waals surface area contributed by atoms with Crippen LogP contribution in [-0.4, -0.2) is 56.9 Å². The summed E-state index contributed by atoms with van der Waals surface area (Å²) in [4.78, 5) is 24.2. The molecule has 10 heteroatoms. The quantitative estimate of drug-likeness (QED) is 0.540. The van der Waals surface area contributed by atoms with Crippen molar-refractivity contribution >= 4 is 21.6 Å². The number of nitro benzene ring substituents is 1. The van der Waals surface area contributed by atoms with Crippen molar-refractivity contribution in [2.45, 2.75) is 24.2 Å². The molecule has 3 rings (SSSR count). The fourth-order valence-electron chi connectivity index (χ4n) is 3.75. The first kappa shape index (κ1) is 19.7. The molecule has 1 amide bonds. The molecule has 2 heterocycles. The normalized spacial score (nSPS) is 22.9. The van der Waals surface area contributed by atoms with E-state index in [0.29, 0.717) is 11.8 Å². The monoisotopic (exact) mass is 396 g/mol. The van der Waals surface area contributed by atoms with Gasteiger partial charge in [-0.05, 0) is 49.9 Å². The highest BCUT2D eigenvalue weighted by Crippen LogP contribution is 2.27. The smallest absolute Gasteiger partial charge is 0.269 e. The van der Waals surface area contributed by atoms with Crippen LogP contribution in [0.5, 0.6) is 0 Å². The first-order valence-corrected chi connectivity index (χ1v) is 10.6. The first-order chi connectivity index (χ1) is 12.9. The summed E-state index contributed by atoms with van der Waals surface area (Å²) >= 11 is 0. The minimum Gasteiger partial charge on any atom is -0.343 e. The van der Waals surface area contributed by atoms with Crippen molar-refractivity contribution in [2.24, 2.45) is 11.8 Å². The van der Waals surface area contributed by atoms with E-state index in [1.165, 1.54) is 12.1 Å². The third-order valence-corrected chi connectivity index (χ3v) is 6.84. The van der Waals surface area contributed by atoms with Crippen molar-refractivity contribution in [2.75, 3.05) is 32.7 Å². The molecule has 0 radical (unpaired) electrons. The topological polar surface area (TPSA) is 122 Å². The number of nitro groups is 1. The summed E-state index contributed by atoms with van der Waals surface area (Å²) in [5.41, 5.74) is -0.176. The number of hydrogen-bond donors (Lipinski definition) is 2. The maximum atomic E-state index is 12.4. The van der Waals surface area contributed by atoms with Crippen molar-refractivity contribution < 1.29 is 18.1 Å². The van der Waals surface area contributed by atoms with Gasteiger partial charge in [-0.1, -0.05) is 0 Å². The van der Waals surface area contributed by atoms with Crippen molar-refractivity contribution in [1.29, 1.82) is 0 Å². The zero-order valence-electron chi connectivity index (χ0n) is 15.0. The van der Waals surface area contributed by atoms with Crippen LogP contribution in [0.4, 0.5) is 5.69 Å². The van der Waals surface area contributed by atoms with Crippen LogP contribution >= 0.6 is 0 Å². The van der Waals surface area contributed by atoms with Crippen LogP contribution in [0.3, 0.4) is 0 Å². The molecule has 0 unspecified atom stereocenters. The standard InChI is InChI=1S/C17H24N4O5S/c22-17(20-9-6-13-11-18-12-14(13)7-10-20)5-8-19-27(25,26)16-3-1-15(2-4-16)21(23)24/h1-4,13-14,18-19H,5-12H2/t13-,14+. The maximum Gasteiger partial charge on any atom is 0.269 e. The number of benzene rings is 1.